The zero-order chi connectivity index (χ0) is 25.6. The van der Waals surface area contributed by atoms with Crippen molar-refractivity contribution in [2.75, 3.05) is 18.8 Å². The molecule has 1 unspecified atom stereocenters. The fraction of sp³-hybridized carbons (Fsp3) is 0.400. The summed E-state index contributed by atoms with van der Waals surface area (Å²) in [5, 5.41) is 10.2. The van der Waals surface area contributed by atoms with E-state index >= 15 is 4.39 Å². The molecule has 1 fully saturated rings. The van der Waals surface area contributed by atoms with E-state index in [1.165, 1.54) is 12.3 Å². The van der Waals surface area contributed by atoms with Crippen LogP contribution in [0.15, 0.2) is 24.4 Å². The van der Waals surface area contributed by atoms with Gasteiger partial charge in [-0.05, 0) is 55.7 Å². The lowest BCUT2D eigenvalue weighted by molar-refractivity contribution is -0.274. The van der Waals surface area contributed by atoms with Gasteiger partial charge in [0, 0.05) is 41.5 Å². The van der Waals surface area contributed by atoms with Gasteiger partial charge in [0.25, 0.3) is 5.91 Å². The Bertz CT molecular complexity index is 1370. The quantitative estimate of drug-likeness (QED) is 0.395. The molecule has 0 radical (unpaired) electrons. The number of fused-ring (bicyclic) bond motifs is 3. The fourth-order valence-electron chi connectivity index (χ4n) is 5.36. The van der Waals surface area contributed by atoms with Crippen LogP contribution in [0.2, 0.25) is 0 Å². The van der Waals surface area contributed by atoms with Crippen LogP contribution < -0.4 is 10.5 Å². The summed E-state index contributed by atoms with van der Waals surface area (Å²) in [6, 6.07) is 5.56. The maximum absolute atomic E-state index is 15.1. The molecule has 0 saturated carbocycles. The van der Waals surface area contributed by atoms with Crippen molar-refractivity contribution in [3.8, 4) is 11.8 Å². The smallest absolute Gasteiger partial charge is 0.406 e. The number of aromatic amines is 1. The third-order valence-electron chi connectivity index (χ3n) is 7.06. The monoisotopic (exact) mass is 501 g/mol. The molecule has 188 valence electrons. The number of ether oxygens (including phenoxy) is 1. The van der Waals surface area contributed by atoms with Gasteiger partial charge in [0.15, 0.2) is 0 Å². The molecule has 1 atom stereocenters. The number of nitriles is 1. The molecule has 3 N–H and O–H groups in total. The number of carbonyl (C=O) groups is 1. The van der Waals surface area contributed by atoms with Gasteiger partial charge in [0.1, 0.15) is 17.2 Å². The predicted octanol–water partition coefficient (Wildman–Crippen LogP) is 4.83. The van der Waals surface area contributed by atoms with E-state index in [2.05, 4.69) is 20.8 Å². The van der Waals surface area contributed by atoms with E-state index in [0.29, 0.717) is 50.0 Å². The van der Waals surface area contributed by atoms with E-state index in [4.69, 9.17) is 5.73 Å². The molecule has 5 rings (SSSR count). The van der Waals surface area contributed by atoms with Crippen LogP contribution >= 0.6 is 0 Å². The number of hydrogen-bond donors (Lipinski definition) is 2. The molecular formula is C25H23F4N5O2. The Morgan fingerprint density at radius 1 is 1.25 bits per heavy atom. The van der Waals surface area contributed by atoms with Crippen molar-refractivity contribution in [1.82, 2.24) is 14.9 Å². The second kappa shape index (κ2) is 9.00. The highest BCUT2D eigenvalue weighted by Crippen LogP contribution is 2.40. The molecule has 1 aliphatic carbocycles. The first-order valence-electron chi connectivity index (χ1n) is 11.7. The Labute approximate surface area is 203 Å². The zero-order valence-electron chi connectivity index (χ0n) is 19.2. The molecule has 1 aromatic carbocycles. The maximum atomic E-state index is 15.1. The van der Waals surface area contributed by atoms with Gasteiger partial charge in [0.2, 0.25) is 0 Å². The number of halogens is 4. The molecule has 2 aliphatic rings. The number of hydrogen-bond acceptors (Lipinski definition) is 5. The number of rotatable bonds is 3. The predicted molar refractivity (Wildman–Crippen MR) is 123 cm³/mol. The van der Waals surface area contributed by atoms with Crippen LogP contribution in [-0.4, -0.2) is 40.2 Å². The number of benzene rings is 1. The van der Waals surface area contributed by atoms with E-state index in [1.807, 2.05) is 0 Å². The summed E-state index contributed by atoms with van der Waals surface area (Å²) in [6.07, 6.45) is -0.634. The molecule has 2 aromatic heterocycles. The number of likely N-dealkylation sites (tertiary alicyclic amines) is 1. The molecule has 7 nitrogen and oxygen atoms in total. The maximum Gasteiger partial charge on any atom is 0.573 e. The molecular weight excluding hydrogens is 478 g/mol. The van der Waals surface area contributed by atoms with Crippen LogP contribution in [-0.2, 0) is 12.8 Å². The number of nitrogens with two attached hydrogens (primary N) is 1. The number of amides is 1. The van der Waals surface area contributed by atoms with Crippen molar-refractivity contribution >= 4 is 22.6 Å². The SMILES string of the molecule is N#CC1CCc2[nH]c3ncc(F)c(C4CCN(C(=O)c5ccc(OC(F)(F)F)cc5N)CC4)c3c2C1. The molecule has 1 amide bonds. The number of pyridine rings is 1. The summed E-state index contributed by atoms with van der Waals surface area (Å²) in [7, 11) is 0. The summed E-state index contributed by atoms with van der Waals surface area (Å²) in [6.45, 7) is 0.668. The molecule has 3 heterocycles. The first-order chi connectivity index (χ1) is 17.1. The van der Waals surface area contributed by atoms with E-state index in [1.54, 1.807) is 4.90 Å². The highest BCUT2D eigenvalue weighted by atomic mass is 19.4. The van der Waals surface area contributed by atoms with Crippen LogP contribution in [0.4, 0.5) is 23.2 Å². The van der Waals surface area contributed by atoms with Crippen LogP contribution in [0.3, 0.4) is 0 Å². The lowest BCUT2D eigenvalue weighted by atomic mass is 9.82. The molecule has 1 saturated heterocycles. The van der Waals surface area contributed by atoms with Crippen molar-refractivity contribution < 1.29 is 27.1 Å². The van der Waals surface area contributed by atoms with Crippen LogP contribution in [0.25, 0.3) is 11.0 Å². The standard InChI is InChI=1S/C25H23F4N5O2/c26-18-12-32-23-22(17-9-13(11-30)1-4-20(17)33-23)21(18)14-5-7-34(8-6-14)24(35)16-3-2-15(10-19(16)31)36-25(27,28)29/h2-3,10,12-14H,1,4-9,31H2,(H,32,33). The first kappa shape index (κ1) is 23.9. The number of nitrogen functional groups attached to an aromatic ring is 1. The van der Waals surface area contributed by atoms with E-state index in [-0.39, 0.29) is 23.1 Å². The third kappa shape index (κ3) is 4.43. The van der Waals surface area contributed by atoms with E-state index < -0.39 is 23.8 Å². The van der Waals surface area contributed by atoms with Gasteiger partial charge in [0.05, 0.1) is 23.7 Å². The Hall–Kier alpha value is -3.81. The van der Waals surface area contributed by atoms with Crippen LogP contribution in [0.1, 0.15) is 52.4 Å². The lowest BCUT2D eigenvalue weighted by Crippen LogP contribution is -2.38. The minimum atomic E-state index is -4.86. The molecule has 3 aromatic rings. The highest BCUT2D eigenvalue weighted by Gasteiger charge is 2.33. The summed E-state index contributed by atoms with van der Waals surface area (Å²) >= 11 is 0. The van der Waals surface area contributed by atoms with Crippen molar-refractivity contribution in [3.63, 3.8) is 0 Å². The summed E-state index contributed by atoms with van der Waals surface area (Å²) in [5.41, 5.74) is 8.95. The van der Waals surface area contributed by atoms with Crippen molar-refractivity contribution in [3.05, 3.63) is 52.6 Å². The topological polar surface area (TPSA) is 108 Å². The first-order valence-corrected chi connectivity index (χ1v) is 11.7. The minimum absolute atomic E-state index is 0.0858. The average Bonchev–Trinajstić information content (AvgIpc) is 3.20. The van der Waals surface area contributed by atoms with Crippen molar-refractivity contribution in [2.24, 2.45) is 5.92 Å². The Balaban J connectivity index is 1.35. The highest BCUT2D eigenvalue weighted by molar-refractivity contribution is 5.99. The van der Waals surface area contributed by atoms with E-state index in [0.717, 1.165) is 35.2 Å². The van der Waals surface area contributed by atoms with Crippen molar-refractivity contribution in [2.45, 2.75) is 44.4 Å². The van der Waals surface area contributed by atoms with Crippen LogP contribution in [0.5, 0.6) is 5.75 Å². The third-order valence-corrected chi connectivity index (χ3v) is 7.06. The Morgan fingerprint density at radius 2 is 2.00 bits per heavy atom. The number of H-pyrrole nitrogens is 1. The average molecular weight is 501 g/mol. The molecule has 36 heavy (non-hydrogen) atoms. The zero-order valence-corrected chi connectivity index (χ0v) is 19.2. The second-order valence-corrected chi connectivity index (χ2v) is 9.26. The Morgan fingerprint density at radius 3 is 2.67 bits per heavy atom. The summed E-state index contributed by atoms with van der Waals surface area (Å²) in [5.74, 6) is -1.58. The minimum Gasteiger partial charge on any atom is -0.406 e. The number of carbonyl (C=O) groups excluding carboxylic acids is 1. The molecule has 0 bridgehead atoms. The van der Waals surface area contributed by atoms with Gasteiger partial charge in [-0.3, -0.25) is 4.79 Å². The number of piperidine rings is 1. The van der Waals surface area contributed by atoms with Gasteiger partial charge in [-0.15, -0.1) is 13.2 Å². The fourth-order valence-corrected chi connectivity index (χ4v) is 5.36. The molecule has 0 spiro atoms. The number of aromatic nitrogens is 2. The second-order valence-electron chi connectivity index (χ2n) is 9.26. The van der Waals surface area contributed by atoms with Gasteiger partial charge in [-0.1, -0.05) is 0 Å². The summed E-state index contributed by atoms with van der Waals surface area (Å²) in [4.78, 5) is 22.1. The summed E-state index contributed by atoms with van der Waals surface area (Å²) < 4.78 is 56.3. The van der Waals surface area contributed by atoms with E-state index in [9.17, 15) is 23.2 Å². The molecule has 11 heteroatoms. The number of nitrogens with zero attached hydrogens (tertiary/aromatic N) is 3. The van der Waals surface area contributed by atoms with Crippen molar-refractivity contribution in [1.29, 1.82) is 5.26 Å². The Kier molecular flexibility index (Phi) is 5.98. The normalized spacial score (nSPS) is 18.6. The van der Waals surface area contributed by atoms with Gasteiger partial charge < -0.3 is 20.4 Å². The largest absolute Gasteiger partial charge is 0.573 e. The number of alkyl halides is 3. The van der Waals surface area contributed by atoms with Crippen LogP contribution in [0, 0.1) is 23.1 Å². The van der Waals surface area contributed by atoms with Gasteiger partial charge in [-0.2, -0.15) is 5.26 Å². The number of anilines is 1. The number of nitrogens with one attached hydrogen (secondary N) is 1. The van der Waals surface area contributed by atoms with Gasteiger partial charge in [-0.25, -0.2) is 9.37 Å². The molecule has 1 aliphatic heterocycles. The van der Waals surface area contributed by atoms with Gasteiger partial charge >= 0.3 is 6.36 Å². The lowest BCUT2D eigenvalue weighted by Gasteiger charge is -2.33. The number of aryl methyl sites for hydroxylation is 1.